The Labute approximate surface area is 186 Å². The van der Waals surface area contributed by atoms with Crippen molar-refractivity contribution >= 4 is 15.9 Å². The van der Waals surface area contributed by atoms with E-state index >= 15 is 0 Å². The van der Waals surface area contributed by atoms with Crippen LogP contribution in [-0.4, -0.2) is 44.4 Å². The van der Waals surface area contributed by atoms with Crippen LogP contribution in [0.2, 0.25) is 0 Å². The Morgan fingerprint density at radius 3 is 2.50 bits per heavy atom. The van der Waals surface area contributed by atoms with Crippen molar-refractivity contribution in [3.63, 3.8) is 0 Å². The number of amides is 1. The maximum Gasteiger partial charge on any atom is 0.271 e. The second kappa shape index (κ2) is 8.91. The number of nitrogens with one attached hydrogen (secondary N) is 1. The van der Waals surface area contributed by atoms with Crippen molar-refractivity contribution in [2.24, 2.45) is 0 Å². The molecule has 0 radical (unpaired) electrons. The van der Waals surface area contributed by atoms with Crippen molar-refractivity contribution in [1.29, 1.82) is 0 Å². The molecule has 0 spiro atoms. The third kappa shape index (κ3) is 4.70. The Morgan fingerprint density at radius 1 is 1.09 bits per heavy atom. The Morgan fingerprint density at radius 2 is 1.84 bits per heavy atom. The maximum atomic E-state index is 13.1. The van der Waals surface area contributed by atoms with Gasteiger partial charge in [-0.1, -0.05) is 12.1 Å². The summed E-state index contributed by atoms with van der Waals surface area (Å²) < 4.78 is 46.4. The van der Waals surface area contributed by atoms with Gasteiger partial charge in [0, 0.05) is 23.5 Å². The zero-order chi connectivity index (χ0) is 22.7. The molecule has 1 aromatic heterocycles. The number of sulfonamides is 1. The molecule has 1 saturated carbocycles. The van der Waals surface area contributed by atoms with Crippen molar-refractivity contribution in [3.8, 4) is 17.2 Å². The van der Waals surface area contributed by atoms with E-state index in [-0.39, 0.29) is 28.1 Å². The third-order valence-electron chi connectivity index (χ3n) is 4.92. The van der Waals surface area contributed by atoms with Crippen molar-refractivity contribution in [3.05, 3.63) is 66.0 Å². The molecule has 0 aliphatic heterocycles. The lowest BCUT2D eigenvalue weighted by Gasteiger charge is -2.16. The zero-order valence-electron chi connectivity index (χ0n) is 17.6. The van der Waals surface area contributed by atoms with Gasteiger partial charge in [-0.25, -0.2) is 13.1 Å². The standard InChI is InChI=1S/C22H23N3O6S/c1-29-18-5-3-6-19(31-17-9-10-17)21(18)32(27,28)24-22(26)15-7-8-16(20(13-15)30-2)14-25-12-4-11-23-25/h3-8,11-13,17H,9-10,14H2,1-2H3,(H,24,26). The summed E-state index contributed by atoms with van der Waals surface area (Å²) in [7, 11) is -1.43. The van der Waals surface area contributed by atoms with Crippen molar-refractivity contribution in [2.45, 2.75) is 30.4 Å². The van der Waals surface area contributed by atoms with Crippen LogP contribution in [0.3, 0.4) is 0 Å². The topological polar surface area (TPSA) is 109 Å². The van der Waals surface area contributed by atoms with Crippen LogP contribution in [0, 0.1) is 0 Å². The van der Waals surface area contributed by atoms with Crippen molar-refractivity contribution < 1.29 is 27.4 Å². The van der Waals surface area contributed by atoms with Crippen LogP contribution in [0.1, 0.15) is 28.8 Å². The van der Waals surface area contributed by atoms with Crippen LogP contribution < -0.4 is 18.9 Å². The number of aromatic nitrogens is 2. The van der Waals surface area contributed by atoms with Crippen LogP contribution >= 0.6 is 0 Å². The molecule has 32 heavy (non-hydrogen) atoms. The normalized spacial score (nSPS) is 13.4. The monoisotopic (exact) mass is 457 g/mol. The highest BCUT2D eigenvalue weighted by Crippen LogP contribution is 2.37. The summed E-state index contributed by atoms with van der Waals surface area (Å²) in [6, 6.07) is 11.2. The van der Waals surface area contributed by atoms with E-state index in [1.165, 1.54) is 32.4 Å². The van der Waals surface area contributed by atoms with E-state index in [4.69, 9.17) is 14.2 Å². The molecule has 1 aliphatic carbocycles. The lowest BCUT2D eigenvalue weighted by Crippen LogP contribution is -2.31. The molecule has 10 heteroatoms. The molecule has 1 aliphatic rings. The number of nitrogens with zero attached hydrogens (tertiary/aromatic N) is 2. The lowest BCUT2D eigenvalue weighted by molar-refractivity contribution is 0.0981. The van der Waals surface area contributed by atoms with Crippen LogP contribution in [0.5, 0.6) is 17.2 Å². The fourth-order valence-corrected chi connectivity index (χ4v) is 4.46. The smallest absolute Gasteiger partial charge is 0.271 e. The average molecular weight is 458 g/mol. The van der Waals surface area contributed by atoms with E-state index in [1.807, 2.05) is 0 Å². The molecule has 0 bridgehead atoms. The summed E-state index contributed by atoms with van der Waals surface area (Å²) in [6.07, 6.45) is 5.15. The molecule has 4 rings (SSSR count). The van der Waals surface area contributed by atoms with Gasteiger partial charge >= 0.3 is 0 Å². The van der Waals surface area contributed by atoms with Gasteiger partial charge in [0.1, 0.15) is 17.2 Å². The first-order chi connectivity index (χ1) is 15.4. The summed E-state index contributed by atoms with van der Waals surface area (Å²) in [6.45, 7) is 0.444. The summed E-state index contributed by atoms with van der Waals surface area (Å²) in [5, 5.41) is 4.15. The number of methoxy groups -OCH3 is 2. The molecule has 168 valence electrons. The molecule has 0 unspecified atom stereocenters. The predicted octanol–water partition coefficient (Wildman–Crippen LogP) is 2.61. The quantitative estimate of drug-likeness (QED) is 0.526. The molecular formula is C22H23N3O6S. The highest BCUT2D eigenvalue weighted by Gasteiger charge is 2.31. The van der Waals surface area contributed by atoms with E-state index in [2.05, 4.69) is 9.82 Å². The summed E-state index contributed by atoms with van der Waals surface area (Å²) in [5.41, 5.74) is 0.926. The van der Waals surface area contributed by atoms with E-state index in [9.17, 15) is 13.2 Å². The number of ether oxygens (including phenoxy) is 3. The SMILES string of the molecule is COc1cc(C(=O)NS(=O)(=O)c2c(OC)cccc2OC2CC2)ccc1Cn1cccn1. The molecule has 0 atom stereocenters. The Kier molecular flexibility index (Phi) is 6.04. The highest BCUT2D eigenvalue weighted by atomic mass is 32.2. The minimum Gasteiger partial charge on any atom is -0.496 e. The molecule has 1 heterocycles. The molecule has 0 saturated heterocycles. The first-order valence-corrected chi connectivity index (χ1v) is 11.4. The number of hydrogen-bond donors (Lipinski definition) is 1. The fourth-order valence-electron chi connectivity index (χ4n) is 3.20. The Bertz CT molecular complexity index is 1220. The fraction of sp³-hybridized carbons (Fsp3) is 0.273. The second-order valence-corrected chi connectivity index (χ2v) is 8.89. The first-order valence-electron chi connectivity index (χ1n) is 9.96. The zero-order valence-corrected chi connectivity index (χ0v) is 18.5. The van der Waals surface area contributed by atoms with Gasteiger partial charge < -0.3 is 14.2 Å². The van der Waals surface area contributed by atoms with E-state index in [1.54, 1.807) is 41.3 Å². The molecule has 2 aromatic carbocycles. The summed E-state index contributed by atoms with van der Waals surface area (Å²) >= 11 is 0. The number of hydrogen-bond acceptors (Lipinski definition) is 7. The minimum atomic E-state index is -4.27. The summed E-state index contributed by atoms with van der Waals surface area (Å²) in [4.78, 5) is 12.6. The summed E-state index contributed by atoms with van der Waals surface area (Å²) in [5.74, 6) is -0.104. The average Bonchev–Trinajstić information content (AvgIpc) is 3.44. The van der Waals surface area contributed by atoms with Crippen LogP contribution in [0.4, 0.5) is 0 Å². The molecule has 9 nitrogen and oxygen atoms in total. The van der Waals surface area contributed by atoms with Crippen molar-refractivity contribution in [2.75, 3.05) is 14.2 Å². The maximum absolute atomic E-state index is 13.1. The molecule has 1 N–H and O–H groups in total. The second-order valence-electron chi connectivity index (χ2n) is 7.27. The number of carbonyl (C=O) groups is 1. The molecular weight excluding hydrogens is 434 g/mol. The van der Waals surface area contributed by atoms with Gasteiger partial charge in [-0.2, -0.15) is 5.10 Å². The Hall–Kier alpha value is -3.53. The van der Waals surface area contributed by atoms with Gasteiger partial charge in [0.05, 0.1) is 26.9 Å². The highest BCUT2D eigenvalue weighted by molar-refractivity contribution is 7.90. The van der Waals surface area contributed by atoms with Gasteiger partial charge in [0.25, 0.3) is 15.9 Å². The van der Waals surface area contributed by atoms with Crippen LogP contribution in [0.25, 0.3) is 0 Å². The number of benzene rings is 2. The third-order valence-corrected chi connectivity index (χ3v) is 6.31. The first kappa shape index (κ1) is 21.7. The molecule has 1 amide bonds. The van der Waals surface area contributed by atoms with Gasteiger partial charge in [-0.3, -0.25) is 9.48 Å². The predicted molar refractivity (Wildman–Crippen MR) is 116 cm³/mol. The van der Waals surface area contributed by atoms with Gasteiger partial charge in [-0.05, 0) is 43.2 Å². The van der Waals surface area contributed by atoms with Crippen LogP contribution in [0.15, 0.2) is 59.8 Å². The van der Waals surface area contributed by atoms with Gasteiger partial charge in [-0.15, -0.1) is 0 Å². The van der Waals surface area contributed by atoms with Crippen molar-refractivity contribution in [1.82, 2.24) is 14.5 Å². The largest absolute Gasteiger partial charge is 0.496 e. The number of carbonyl (C=O) groups excluding carboxylic acids is 1. The van der Waals surface area contributed by atoms with Crippen LogP contribution in [-0.2, 0) is 16.6 Å². The van der Waals surface area contributed by atoms with E-state index in [0.29, 0.717) is 12.3 Å². The Balaban J connectivity index is 1.59. The van der Waals surface area contributed by atoms with Gasteiger partial charge in [0.15, 0.2) is 4.90 Å². The molecule has 3 aromatic rings. The van der Waals surface area contributed by atoms with E-state index < -0.39 is 15.9 Å². The van der Waals surface area contributed by atoms with E-state index in [0.717, 1.165) is 18.4 Å². The minimum absolute atomic E-state index is 0.0293. The lowest BCUT2D eigenvalue weighted by atomic mass is 10.1. The van der Waals surface area contributed by atoms with Gasteiger partial charge in [0.2, 0.25) is 0 Å². The molecule has 1 fully saturated rings. The number of rotatable bonds is 9.